The van der Waals surface area contributed by atoms with Crippen LogP contribution >= 0.6 is 0 Å². The predicted molar refractivity (Wildman–Crippen MR) is 75.6 cm³/mol. The molecule has 0 spiro atoms. The van der Waals surface area contributed by atoms with Gasteiger partial charge in [-0.2, -0.15) is 0 Å². The van der Waals surface area contributed by atoms with Crippen LogP contribution in [0.15, 0.2) is 0 Å². The lowest BCUT2D eigenvalue weighted by Gasteiger charge is -2.16. The Morgan fingerprint density at radius 1 is 0.765 bits per heavy atom. The van der Waals surface area contributed by atoms with Gasteiger partial charge in [0.05, 0.1) is 0 Å². The first-order valence-corrected chi connectivity index (χ1v) is 8.94. The molecule has 2 aliphatic rings. The number of rotatable bonds is 3. The zero-order chi connectivity index (χ0) is 12.5. The van der Waals surface area contributed by atoms with Gasteiger partial charge < -0.3 is 8.85 Å². The van der Waals surface area contributed by atoms with Gasteiger partial charge >= 0.3 is 9.28 Å². The minimum atomic E-state index is -1.24. The molecule has 0 unspecified atom stereocenters. The highest BCUT2D eigenvalue weighted by Crippen LogP contribution is 2.32. The standard InChI is InChI=1S/C7H16O2Si.C7H14/c1-8-10(9-2)7-5-3-4-6-7;1-7-5-3-2-4-6-7/h7,10H,3-6H2,1-2H3;7H,2-6H2,1H3. The van der Waals surface area contributed by atoms with Crippen molar-refractivity contribution in [2.75, 3.05) is 14.2 Å². The van der Waals surface area contributed by atoms with E-state index in [9.17, 15) is 0 Å². The molecular formula is C14H30O2Si. The lowest BCUT2D eigenvalue weighted by atomic mass is 9.91. The zero-order valence-corrected chi connectivity index (χ0v) is 13.1. The second-order valence-corrected chi connectivity index (χ2v) is 8.25. The molecule has 2 saturated carbocycles. The minimum Gasteiger partial charge on any atom is -0.400 e. The first-order valence-electron chi connectivity index (χ1n) is 7.33. The number of hydrogen-bond donors (Lipinski definition) is 0. The van der Waals surface area contributed by atoms with Crippen LogP contribution in [0, 0.1) is 5.92 Å². The van der Waals surface area contributed by atoms with Crippen LogP contribution in [0.2, 0.25) is 5.54 Å². The Morgan fingerprint density at radius 3 is 1.59 bits per heavy atom. The Kier molecular flexibility index (Phi) is 8.15. The summed E-state index contributed by atoms with van der Waals surface area (Å²) in [5.41, 5.74) is 0.787. The molecule has 0 atom stereocenters. The van der Waals surface area contributed by atoms with Gasteiger partial charge in [-0.05, 0) is 24.3 Å². The average Bonchev–Trinajstić information content (AvgIpc) is 2.86. The fourth-order valence-corrected chi connectivity index (χ4v) is 5.00. The zero-order valence-electron chi connectivity index (χ0n) is 11.9. The Hall–Kier alpha value is 0.137. The molecule has 0 aromatic carbocycles. The molecule has 2 rings (SSSR count). The van der Waals surface area contributed by atoms with Crippen LogP contribution in [0.3, 0.4) is 0 Å². The second-order valence-electron chi connectivity index (χ2n) is 5.63. The molecule has 0 radical (unpaired) electrons. The largest absolute Gasteiger partial charge is 0.400 e. The summed E-state index contributed by atoms with van der Waals surface area (Å²) < 4.78 is 10.6. The van der Waals surface area contributed by atoms with Crippen molar-refractivity contribution in [2.45, 2.75) is 70.3 Å². The van der Waals surface area contributed by atoms with Crippen LogP contribution in [-0.4, -0.2) is 23.5 Å². The maximum atomic E-state index is 5.30. The third kappa shape index (κ3) is 6.02. The SMILES string of the molecule is CC1CCCCC1.CO[SiH](OC)C1CCCC1. The van der Waals surface area contributed by atoms with Crippen LogP contribution in [0.5, 0.6) is 0 Å². The third-order valence-electron chi connectivity index (χ3n) is 4.14. The Bertz CT molecular complexity index is 171. The van der Waals surface area contributed by atoms with Crippen LogP contribution in [0.25, 0.3) is 0 Å². The summed E-state index contributed by atoms with van der Waals surface area (Å²) >= 11 is 0. The quantitative estimate of drug-likeness (QED) is 0.712. The molecule has 0 bridgehead atoms. The topological polar surface area (TPSA) is 18.5 Å². The Morgan fingerprint density at radius 2 is 1.24 bits per heavy atom. The van der Waals surface area contributed by atoms with Crippen molar-refractivity contribution < 1.29 is 8.85 Å². The van der Waals surface area contributed by atoms with Gasteiger partial charge in [-0.25, -0.2) is 0 Å². The molecule has 0 aromatic heterocycles. The first-order chi connectivity index (χ1) is 8.27. The van der Waals surface area contributed by atoms with E-state index in [4.69, 9.17) is 8.85 Å². The summed E-state index contributed by atoms with van der Waals surface area (Å²) in [4.78, 5) is 0. The predicted octanol–water partition coefficient (Wildman–Crippen LogP) is 4.03. The fourth-order valence-electron chi connectivity index (χ4n) is 3.02. The van der Waals surface area contributed by atoms with E-state index in [0.717, 1.165) is 11.5 Å². The van der Waals surface area contributed by atoms with E-state index in [0.29, 0.717) is 0 Å². The van der Waals surface area contributed by atoms with Gasteiger partial charge in [0, 0.05) is 14.2 Å². The van der Waals surface area contributed by atoms with E-state index in [1.54, 1.807) is 14.2 Å². The van der Waals surface area contributed by atoms with Crippen molar-refractivity contribution in [2.24, 2.45) is 5.92 Å². The van der Waals surface area contributed by atoms with Crippen molar-refractivity contribution in [3.63, 3.8) is 0 Å². The van der Waals surface area contributed by atoms with Crippen LogP contribution in [-0.2, 0) is 8.85 Å². The van der Waals surface area contributed by atoms with Gasteiger partial charge in [-0.3, -0.25) is 0 Å². The first kappa shape index (κ1) is 15.2. The van der Waals surface area contributed by atoms with Gasteiger partial charge in [-0.15, -0.1) is 0 Å². The molecule has 0 aromatic rings. The molecule has 0 saturated heterocycles. The highest BCUT2D eigenvalue weighted by Gasteiger charge is 2.27. The second kappa shape index (κ2) is 9.12. The minimum absolute atomic E-state index is 0.787. The smallest absolute Gasteiger partial charge is 0.324 e. The molecule has 0 heterocycles. The molecule has 102 valence electrons. The van der Waals surface area contributed by atoms with Gasteiger partial charge in [0.15, 0.2) is 0 Å². The van der Waals surface area contributed by atoms with Crippen molar-refractivity contribution in [1.29, 1.82) is 0 Å². The molecular weight excluding hydrogens is 228 g/mol. The van der Waals surface area contributed by atoms with E-state index in [1.807, 2.05) is 0 Å². The van der Waals surface area contributed by atoms with E-state index in [-0.39, 0.29) is 0 Å². The van der Waals surface area contributed by atoms with Crippen LogP contribution in [0.1, 0.15) is 64.7 Å². The number of hydrogen-bond acceptors (Lipinski definition) is 2. The molecule has 2 nitrogen and oxygen atoms in total. The van der Waals surface area contributed by atoms with Crippen molar-refractivity contribution in [1.82, 2.24) is 0 Å². The van der Waals surface area contributed by atoms with Gasteiger partial charge in [-0.1, -0.05) is 51.9 Å². The summed E-state index contributed by atoms with van der Waals surface area (Å²) in [6, 6.07) is 0. The molecule has 0 N–H and O–H groups in total. The van der Waals surface area contributed by atoms with Crippen molar-refractivity contribution in [3.8, 4) is 0 Å². The molecule has 17 heavy (non-hydrogen) atoms. The Labute approximate surface area is 109 Å². The normalized spacial score (nSPS) is 22.6. The summed E-state index contributed by atoms with van der Waals surface area (Å²) in [6.45, 7) is 2.36. The summed E-state index contributed by atoms with van der Waals surface area (Å²) in [5.74, 6) is 1.04. The average molecular weight is 258 g/mol. The third-order valence-corrected chi connectivity index (χ3v) is 6.51. The molecule has 0 amide bonds. The van der Waals surface area contributed by atoms with Gasteiger partial charge in [0.25, 0.3) is 0 Å². The lowest BCUT2D eigenvalue weighted by Crippen LogP contribution is -2.24. The summed E-state index contributed by atoms with van der Waals surface area (Å²) in [7, 11) is 2.31. The molecule has 0 aliphatic heterocycles. The molecule has 3 heteroatoms. The van der Waals surface area contributed by atoms with Crippen molar-refractivity contribution in [3.05, 3.63) is 0 Å². The van der Waals surface area contributed by atoms with Gasteiger partial charge in [0.1, 0.15) is 0 Å². The van der Waals surface area contributed by atoms with Gasteiger partial charge in [0.2, 0.25) is 0 Å². The fraction of sp³-hybridized carbons (Fsp3) is 1.00. The van der Waals surface area contributed by atoms with E-state index in [2.05, 4.69) is 6.92 Å². The van der Waals surface area contributed by atoms with E-state index < -0.39 is 9.28 Å². The van der Waals surface area contributed by atoms with Crippen LogP contribution in [0.4, 0.5) is 0 Å². The maximum Gasteiger partial charge on any atom is 0.324 e. The van der Waals surface area contributed by atoms with Crippen LogP contribution < -0.4 is 0 Å². The highest BCUT2D eigenvalue weighted by molar-refractivity contribution is 6.46. The van der Waals surface area contributed by atoms with Crippen molar-refractivity contribution >= 4 is 9.28 Å². The monoisotopic (exact) mass is 258 g/mol. The maximum absolute atomic E-state index is 5.30. The molecule has 2 aliphatic carbocycles. The summed E-state index contributed by atoms with van der Waals surface area (Å²) in [5, 5.41) is 0. The van der Waals surface area contributed by atoms with E-state index >= 15 is 0 Å². The Balaban J connectivity index is 0.000000181. The van der Waals surface area contributed by atoms with E-state index in [1.165, 1.54) is 57.8 Å². The molecule has 2 fully saturated rings. The summed E-state index contributed by atoms with van der Waals surface area (Å²) in [6.07, 6.45) is 12.9. The lowest BCUT2D eigenvalue weighted by molar-refractivity contribution is 0.265. The highest BCUT2D eigenvalue weighted by atomic mass is 28.3.